The zero-order valence-electron chi connectivity index (χ0n) is 15.8. The zero-order valence-corrected chi connectivity index (χ0v) is 15.8. The van der Waals surface area contributed by atoms with Crippen LogP contribution < -0.4 is 4.90 Å². The van der Waals surface area contributed by atoms with E-state index in [-0.39, 0.29) is 0 Å². The summed E-state index contributed by atoms with van der Waals surface area (Å²) in [5, 5.41) is 3.26. The minimum absolute atomic E-state index is 0.342. The first-order valence-electron chi connectivity index (χ1n) is 9.41. The summed E-state index contributed by atoms with van der Waals surface area (Å²) in [4.78, 5) is 27.7. The lowest BCUT2D eigenvalue weighted by molar-refractivity contribution is 0.561. The van der Waals surface area contributed by atoms with Crippen LogP contribution >= 0.6 is 0 Å². The van der Waals surface area contributed by atoms with Crippen LogP contribution in [-0.4, -0.2) is 28.0 Å². The second-order valence-electron chi connectivity index (χ2n) is 7.17. The first kappa shape index (κ1) is 16.8. The van der Waals surface area contributed by atoms with Crippen molar-refractivity contribution in [1.82, 2.24) is 15.0 Å². The first-order valence-corrected chi connectivity index (χ1v) is 9.41. The van der Waals surface area contributed by atoms with Crippen LogP contribution in [0.25, 0.3) is 33.4 Å². The maximum Gasteiger partial charge on any atom is 0.192 e. The van der Waals surface area contributed by atoms with Gasteiger partial charge in [-0.1, -0.05) is 0 Å². The fraction of sp³-hybridized carbons (Fsp3) is 0.286. The van der Waals surface area contributed by atoms with Crippen LogP contribution in [0.3, 0.4) is 0 Å². The van der Waals surface area contributed by atoms with Crippen LogP contribution in [0.15, 0.2) is 39.9 Å². The van der Waals surface area contributed by atoms with Crippen LogP contribution in [-0.2, 0) is 0 Å². The lowest BCUT2D eigenvalue weighted by atomic mass is 10.0. The van der Waals surface area contributed by atoms with E-state index in [2.05, 4.69) is 15.1 Å². The summed E-state index contributed by atoms with van der Waals surface area (Å²) in [6.45, 7) is 5.71. The van der Waals surface area contributed by atoms with E-state index in [1.54, 1.807) is 13.0 Å². The van der Waals surface area contributed by atoms with E-state index in [0.717, 1.165) is 29.9 Å². The largest absolute Gasteiger partial charge is 0.441 e. The third kappa shape index (κ3) is 2.62. The number of anilines is 1. The van der Waals surface area contributed by atoms with Gasteiger partial charge in [0.15, 0.2) is 11.5 Å². The van der Waals surface area contributed by atoms with E-state index in [1.165, 1.54) is 12.8 Å². The minimum atomic E-state index is 0.342. The van der Waals surface area contributed by atoms with E-state index < -0.39 is 0 Å². The Morgan fingerprint density at radius 1 is 1.00 bits per heavy atom. The molecule has 4 heterocycles. The summed E-state index contributed by atoms with van der Waals surface area (Å²) in [5.41, 5.74) is 5.25. The number of aromatic nitrogens is 3. The number of benzene rings is 1. The molecule has 0 bridgehead atoms. The number of hydrogen-bond acceptors (Lipinski definition) is 7. The van der Waals surface area contributed by atoms with Crippen molar-refractivity contribution in [1.29, 1.82) is 0 Å². The number of fused-ring (bicyclic) bond motifs is 2. The highest BCUT2D eigenvalue weighted by atomic mass is 16.3. The van der Waals surface area contributed by atoms with E-state index in [9.17, 15) is 4.91 Å². The first-order chi connectivity index (χ1) is 13.6. The predicted octanol–water partition coefficient (Wildman–Crippen LogP) is 5.05. The lowest BCUT2D eigenvalue weighted by Crippen LogP contribution is -2.18. The van der Waals surface area contributed by atoms with Gasteiger partial charge in [0.05, 0.1) is 16.7 Å². The van der Waals surface area contributed by atoms with Gasteiger partial charge < -0.3 is 9.32 Å². The highest BCUT2D eigenvalue weighted by Gasteiger charge is 2.18. The molecule has 7 nitrogen and oxygen atoms in total. The molecule has 0 aliphatic carbocycles. The molecule has 1 aliphatic rings. The van der Waals surface area contributed by atoms with Crippen molar-refractivity contribution in [2.75, 3.05) is 18.0 Å². The number of oxazole rings is 1. The van der Waals surface area contributed by atoms with Crippen molar-refractivity contribution >= 4 is 33.6 Å². The summed E-state index contributed by atoms with van der Waals surface area (Å²) < 4.78 is 5.67. The molecule has 0 saturated carbocycles. The second kappa shape index (κ2) is 6.37. The molecule has 0 N–H and O–H groups in total. The molecule has 4 aromatic rings. The normalized spacial score (nSPS) is 14.3. The SMILES string of the molecule is Cc1nc2c(C)c(N=O)c(-c3ccc4nc(N5CCCC5)ccc4n3)cc2o1. The maximum atomic E-state index is 11.6. The fourth-order valence-corrected chi connectivity index (χ4v) is 3.91. The van der Waals surface area contributed by atoms with Crippen molar-refractivity contribution in [3.63, 3.8) is 0 Å². The predicted molar refractivity (Wildman–Crippen MR) is 109 cm³/mol. The van der Waals surface area contributed by atoms with Gasteiger partial charge in [-0.15, -0.1) is 4.91 Å². The average Bonchev–Trinajstić information content (AvgIpc) is 3.36. The standard InChI is InChI=1S/C21H19N5O2/c1-12-20(25-27)14(11-18-21(12)22-13(2)28-18)15-5-6-17-16(23-15)7-8-19(24-17)26-9-3-4-10-26/h5-8,11H,3-4,9-10H2,1-2H3. The van der Waals surface area contributed by atoms with Gasteiger partial charge >= 0.3 is 0 Å². The van der Waals surface area contributed by atoms with Crippen molar-refractivity contribution in [3.05, 3.63) is 46.7 Å². The van der Waals surface area contributed by atoms with Crippen LogP contribution in [0.2, 0.25) is 0 Å². The van der Waals surface area contributed by atoms with E-state index in [4.69, 9.17) is 14.4 Å². The Balaban J connectivity index is 1.64. The smallest absolute Gasteiger partial charge is 0.192 e. The van der Waals surface area contributed by atoms with Gasteiger partial charge in [0, 0.05) is 31.1 Å². The van der Waals surface area contributed by atoms with Crippen LogP contribution in [0.4, 0.5) is 11.5 Å². The Morgan fingerprint density at radius 2 is 1.75 bits per heavy atom. The summed E-state index contributed by atoms with van der Waals surface area (Å²) in [5.74, 6) is 1.54. The Labute approximate surface area is 161 Å². The van der Waals surface area contributed by atoms with Gasteiger partial charge in [-0.25, -0.2) is 15.0 Å². The number of pyridine rings is 2. The Hall–Kier alpha value is -3.35. The van der Waals surface area contributed by atoms with E-state index in [0.29, 0.717) is 39.5 Å². The summed E-state index contributed by atoms with van der Waals surface area (Å²) in [7, 11) is 0. The van der Waals surface area contributed by atoms with Gasteiger partial charge in [-0.3, -0.25) is 0 Å². The van der Waals surface area contributed by atoms with Gasteiger partial charge in [0.2, 0.25) is 0 Å². The van der Waals surface area contributed by atoms with E-state index >= 15 is 0 Å². The molecule has 0 unspecified atom stereocenters. The van der Waals surface area contributed by atoms with Gasteiger partial charge in [0.1, 0.15) is 17.0 Å². The van der Waals surface area contributed by atoms with Crippen molar-refractivity contribution in [3.8, 4) is 11.3 Å². The Morgan fingerprint density at radius 3 is 2.54 bits per heavy atom. The lowest BCUT2D eigenvalue weighted by Gasteiger charge is -2.16. The molecule has 7 heteroatoms. The van der Waals surface area contributed by atoms with Crippen LogP contribution in [0, 0.1) is 18.8 Å². The third-order valence-electron chi connectivity index (χ3n) is 5.33. The molecule has 3 aromatic heterocycles. The quantitative estimate of drug-likeness (QED) is 0.467. The minimum Gasteiger partial charge on any atom is -0.441 e. The van der Waals surface area contributed by atoms with Crippen LogP contribution in [0.5, 0.6) is 0 Å². The summed E-state index contributed by atoms with van der Waals surface area (Å²) >= 11 is 0. The summed E-state index contributed by atoms with van der Waals surface area (Å²) in [6.07, 6.45) is 2.42. The zero-order chi connectivity index (χ0) is 19.3. The molecule has 5 rings (SSSR count). The molecule has 140 valence electrons. The Bertz CT molecular complexity index is 1220. The highest BCUT2D eigenvalue weighted by molar-refractivity contribution is 5.92. The van der Waals surface area contributed by atoms with Gasteiger partial charge in [0.25, 0.3) is 0 Å². The summed E-state index contributed by atoms with van der Waals surface area (Å²) in [6, 6.07) is 9.60. The number of rotatable bonds is 3. The molecular weight excluding hydrogens is 354 g/mol. The molecule has 1 aliphatic heterocycles. The second-order valence-corrected chi connectivity index (χ2v) is 7.17. The molecule has 28 heavy (non-hydrogen) atoms. The highest BCUT2D eigenvalue weighted by Crippen LogP contribution is 2.38. The van der Waals surface area contributed by atoms with Gasteiger partial charge in [-0.05, 0) is 55.3 Å². The van der Waals surface area contributed by atoms with Crippen molar-refractivity contribution in [2.45, 2.75) is 26.7 Å². The van der Waals surface area contributed by atoms with Crippen molar-refractivity contribution in [2.24, 2.45) is 5.18 Å². The molecule has 0 radical (unpaired) electrons. The molecule has 1 fully saturated rings. The molecule has 0 spiro atoms. The number of hydrogen-bond donors (Lipinski definition) is 0. The van der Waals surface area contributed by atoms with E-state index in [1.807, 2.05) is 31.2 Å². The monoisotopic (exact) mass is 373 g/mol. The van der Waals surface area contributed by atoms with Gasteiger partial charge in [-0.2, -0.15) is 0 Å². The topological polar surface area (TPSA) is 84.5 Å². The van der Waals surface area contributed by atoms with Crippen molar-refractivity contribution < 1.29 is 4.42 Å². The number of nitroso groups, excluding NO2 is 1. The van der Waals surface area contributed by atoms with Crippen LogP contribution in [0.1, 0.15) is 24.3 Å². The Kier molecular flexibility index (Phi) is 3.82. The fourth-order valence-electron chi connectivity index (χ4n) is 3.91. The number of nitrogens with zero attached hydrogens (tertiary/aromatic N) is 5. The maximum absolute atomic E-state index is 11.6. The molecule has 1 saturated heterocycles. The molecular formula is C21H19N5O2. The molecule has 0 amide bonds. The third-order valence-corrected chi connectivity index (χ3v) is 5.33. The molecule has 1 aromatic carbocycles. The molecule has 0 atom stereocenters. The average molecular weight is 373 g/mol. The number of aryl methyl sites for hydroxylation is 2.